The first-order chi connectivity index (χ1) is 11.0. The number of nitrogens with zero attached hydrogens (tertiary/aromatic N) is 1. The molecule has 1 atom stereocenters. The average molecular weight is 326 g/mol. The van der Waals surface area contributed by atoms with Crippen molar-refractivity contribution in [2.75, 3.05) is 11.4 Å². The molecular weight excluding hydrogens is 309 g/mol. The normalized spacial score (nSPS) is 22.0. The molecule has 0 spiro atoms. The van der Waals surface area contributed by atoms with Gasteiger partial charge in [0.1, 0.15) is 0 Å². The first-order valence-electron chi connectivity index (χ1n) is 7.71. The highest BCUT2D eigenvalue weighted by Gasteiger charge is 2.37. The summed E-state index contributed by atoms with van der Waals surface area (Å²) < 4.78 is 40.2. The molecule has 7 heteroatoms. The molecule has 1 aliphatic heterocycles. The van der Waals surface area contributed by atoms with Gasteiger partial charge in [0.25, 0.3) is 0 Å². The van der Waals surface area contributed by atoms with E-state index in [0.29, 0.717) is 0 Å². The fourth-order valence-corrected chi connectivity index (χ4v) is 3.23. The molecule has 0 bridgehead atoms. The molecule has 23 heavy (non-hydrogen) atoms. The Balaban J connectivity index is 1.72. The molecule has 1 aromatic rings. The maximum atomic E-state index is 13.8. The lowest BCUT2D eigenvalue weighted by Gasteiger charge is -2.19. The number of rotatable bonds is 3. The Morgan fingerprint density at radius 1 is 1.13 bits per heavy atom. The van der Waals surface area contributed by atoms with Gasteiger partial charge >= 0.3 is 0 Å². The first kappa shape index (κ1) is 15.8. The third-order valence-corrected chi connectivity index (χ3v) is 4.50. The fraction of sp³-hybridized carbons (Fsp3) is 0.500. The number of halogens is 3. The Morgan fingerprint density at radius 2 is 1.83 bits per heavy atom. The zero-order valence-electron chi connectivity index (χ0n) is 12.4. The van der Waals surface area contributed by atoms with E-state index in [-0.39, 0.29) is 30.6 Å². The predicted octanol–water partition coefficient (Wildman–Crippen LogP) is 2.52. The molecule has 2 amide bonds. The molecule has 1 aliphatic carbocycles. The summed E-state index contributed by atoms with van der Waals surface area (Å²) in [4.78, 5) is 25.3. The van der Waals surface area contributed by atoms with E-state index < -0.39 is 29.3 Å². The number of carbonyl (C=O) groups is 2. The molecule has 1 aromatic carbocycles. The van der Waals surface area contributed by atoms with E-state index in [4.69, 9.17) is 0 Å². The maximum Gasteiger partial charge on any atom is 0.227 e. The van der Waals surface area contributed by atoms with E-state index in [1.165, 1.54) is 0 Å². The summed E-state index contributed by atoms with van der Waals surface area (Å²) >= 11 is 0. The number of nitrogens with one attached hydrogen (secondary N) is 1. The highest BCUT2D eigenvalue weighted by molar-refractivity contribution is 6.00. The Kier molecular flexibility index (Phi) is 4.28. The van der Waals surface area contributed by atoms with Gasteiger partial charge in [-0.3, -0.25) is 9.59 Å². The van der Waals surface area contributed by atoms with Crippen LogP contribution in [0, 0.1) is 23.4 Å². The molecule has 0 aromatic heterocycles. The molecule has 1 heterocycles. The molecule has 0 radical (unpaired) electrons. The molecule has 124 valence electrons. The van der Waals surface area contributed by atoms with Crippen LogP contribution in [0.25, 0.3) is 0 Å². The SMILES string of the molecule is O=C(NC1CCCC1)C1CC(=O)N(c2ccc(F)c(F)c2F)C1. The van der Waals surface area contributed by atoms with Crippen LogP contribution in [0.2, 0.25) is 0 Å². The Morgan fingerprint density at radius 3 is 2.52 bits per heavy atom. The van der Waals surface area contributed by atoms with Crippen LogP contribution in [0.3, 0.4) is 0 Å². The van der Waals surface area contributed by atoms with E-state index in [1.54, 1.807) is 0 Å². The van der Waals surface area contributed by atoms with Crippen LogP contribution in [0.4, 0.5) is 18.9 Å². The van der Waals surface area contributed by atoms with Crippen LogP contribution in [-0.2, 0) is 9.59 Å². The number of hydrogen-bond donors (Lipinski definition) is 1. The molecule has 1 unspecified atom stereocenters. The lowest BCUT2D eigenvalue weighted by molar-refractivity contribution is -0.126. The summed E-state index contributed by atoms with van der Waals surface area (Å²) in [5, 5.41) is 2.90. The molecule has 1 saturated heterocycles. The minimum Gasteiger partial charge on any atom is -0.353 e. The molecule has 1 N–H and O–H groups in total. The number of carbonyl (C=O) groups excluding carboxylic acids is 2. The van der Waals surface area contributed by atoms with Crippen LogP contribution >= 0.6 is 0 Å². The third kappa shape index (κ3) is 3.04. The summed E-state index contributed by atoms with van der Waals surface area (Å²) in [5.41, 5.74) is -0.329. The van der Waals surface area contributed by atoms with Gasteiger partial charge in [-0.1, -0.05) is 12.8 Å². The Hall–Kier alpha value is -2.05. The highest BCUT2D eigenvalue weighted by Crippen LogP contribution is 2.30. The van der Waals surface area contributed by atoms with Crippen molar-refractivity contribution in [3.05, 3.63) is 29.6 Å². The summed E-state index contributed by atoms with van der Waals surface area (Å²) in [5.74, 6) is -5.65. The maximum absolute atomic E-state index is 13.8. The standard InChI is InChI=1S/C16H17F3N2O2/c17-11-5-6-12(15(19)14(11)18)21-8-9(7-13(21)22)16(23)20-10-3-1-2-4-10/h5-6,9-10H,1-4,7-8H2,(H,20,23). The largest absolute Gasteiger partial charge is 0.353 e. The third-order valence-electron chi connectivity index (χ3n) is 4.50. The van der Waals surface area contributed by atoms with Gasteiger partial charge in [-0.2, -0.15) is 0 Å². The van der Waals surface area contributed by atoms with Gasteiger partial charge in [-0.15, -0.1) is 0 Å². The summed E-state index contributed by atoms with van der Waals surface area (Å²) in [7, 11) is 0. The second kappa shape index (κ2) is 6.22. The average Bonchev–Trinajstić information content (AvgIpc) is 3.15. The van der Waals surface area contributed by atoms with E-state index in [1.807, 2.05) is 0 Å². The second-order valence-electron chi connectivity index (χ2n) is 6.09. The summed E-state index contributed by atoms with van der Waals surface area (Å²) in [6.45, 7) is -0.0284. The zero-order chi connectivity index (χ0) is 16.6. The molecule has 2 aliphatic rings. The van der Waals surface area contributed by atoms with Crippen molar-refractivity contribution in [1.82, 2.24) is 5.32 Å². The molecule has 3 rings (SSSR count). The van der Waals surface area contributed by atoms with Gasteiger partial charge in [0.05, 0.1) is 11.6 Å². The van der Waals surface area contributed by atoms with Crippen molar-refractivity contribution >= 4 is 17.5 Å². The Bertz CT molecular complexity index is 644. The monoisotopic (exact) mass is 326 g/mol. The molecule has 4 nitrogen and oxygen atoms in total. The fourth-order valence-electron chi connectivity index (χ4n) is 3.23. The molecule has 1 saturated carbocycles. The first-order valence-corrected chi connectivity index (χ1v) is 7.71. The predicted molar refractivity (Wildman–Crippen MR) is 77.2 cm³/mol. The van der Waals surface area contributed by atoms with Crippen LogP contribution in [0.5, 0.6) is 0 Å². The van der Waals surface area contributed by atoms with Crippen molar-refractivity contribution in [1.29, 1.82) is 0 Å². The van der Waals surface area contributed by atoms with Crippen molar-refractivity contribution in [3.63, 3.8) is 0 Å². The Labute approximate surface area is 131 Å². The van der Waals surface area contributed by atoms with E-state index in [0.717, 1.165) is 42.7 Å². The minimum absolute atomic E-state index is 0.0284. The number of hydrogen-bond acceptors (Lipinski definition) is 2. The van der Waals surface area contributed by atoms with Crippen LogP contribution in [0.1, 0.15) is 32.1 Å². The second-order valence-corrected chi connectivity index (χ2v) is 6.09. The van der Waals surface area contributed by atoms with Gasteiger partial charge in [0.2, 0.25) is 11.8 Å². The van der Waals surface area contributed by atoms with Crippen LogP contribution in [-0.4, -0.2) is 24.4 Å². The summed E-state index contributed by atoms with van der Waals surface area (Å²) in [6.07, 6.45) is 3.93. The van der Waals surface area contributed by atoms with E-state index >= 15 is 0 Å². The van der Waals surface area contributed by atoms with Crippen molar-refractivity contribution in [3.8, 4) is 0 Å². The van der Waals surface area contributed by atoms with Crippen molar-refractivity contribution < 1.29 is 22.8 Å². The number of amides is 2. The van der Waals surface area contributed by atoms with Gasteiger partial charge in [0.15, 0.2) is 17.5 Å². The lowest BCUT2D eigenvalue weighted by Crippen LogP contribution is -2.38. The topological polar surface area (TPSA) is 49.4 Å². The van der Waals surface area contributed by atoms with Gasteiger partial charge in [-0.05, 0) is 25.0 Å². The van der Waals surface area contributed by atoms with Crippen molar-refractivity contribution in [2.24, 2.45) is 5.92 Å². The smallest absolute Gasteiger partial charge is 0.227 e. The summed E-state index contributed by atoms with van der Waals surface area (Å²) in [6, 6.07) is 1.92. The lowest BCUT2D eigenvalue weighted by atomic mass is 10.1. The van der Waals surface area contributed by atoms with Crippen molar-refractivity contribution in [2.45, 2.75) is 38.1 Å². The number of anilines is 1. The highest BCUT2D eigenvalue weighted by atomic mass is 19.2. The van der Waals surface area contributed by atoms with Crippen LogP contribution in [0.15, 0.2) is 12.1 Å². The quantitative estimate of drug-likeness (QED) is 0.868. The van der Waals surface area contributed by atoms with Gasteiger partial charge in [-0.25, -0.2) is 13.2 Å². The van der Waals surface area contributed by atoms with Gasteiger partial charge in [0, 0.05) is 19.0 Å². The minimum atomic E-state index is -1.62. The van der Waals surface area contributed by atoms with Gasteiger partial charge < -0.3 is 10.2 Å². The molecule has 2 fully saturated rings. The number of benzene rings is 1. The van der Waals surface area contributed by atoms with E-state index in [2.05, 4.69) is 5.32 Å². The van der Waals surface area contributed by atoms with E-state index in [9.17, 15) is 22.8 Å². The van der Waals surface area contributed by atoms with Crippen LogP contribution < -0.4 is 10.2 Å². The zero-order valence-corrected chi connectivity index (χ0v) is 12.4. The molecular formula is C16H17F3N2O2.